The third-order valence-corrected chi connectivity index (χ3v) is 3.10. The van der Waals surface area contributed by atoms with Gasteiger partial charge in [0.05, 0.1) is 19.6 Å². The number of carbonyl (C=O) groups excluding carboxylic acids is 1. The molecule has 1 fully saturated rings. The van der Waals surface area contributed by atoms with Crippen LogP contribution in [0.2, 0.25) is 0 Å². The molecule has 0 bridgehead atoms. The quantitative estimate of drug-likeness (QED) is 0.801. The molecular weight excluding hydrogens is 218 g/mol. The van der Waals surface area contributed by atoms with Gasteiger partial charge in [-0.2, -0.15) is 0 Å². The number of hydrogen-bond acceptors (Lipinski definition) is 3. The van der Waals surface area contributed by atoms with Crippen LogP contribution in [0.15, 0.2) is 10.5 Å². The van der Waals surface area contributed by atoms with Crippen molar-refractivity contribution in [3.05, 3.63) is 23.2 Å². The maximum absolute atomic E-state index is 12.0. The van der Waals surface area contributed by atoms with Crippen LogP contribution in [-0.2, 0) is 22.4 Å². The van der Waals surface area contributed by atoms with Crippen molar-refractivity contribution in [2.45, 2.75) is 26.7 Å². The van der Waals surface area contributed by atoms with Gasteiger partial charge in [0.25, 0.3) is 0 Å². The molecule has 0 saturated carbocycles. The van der Waals surface area contributed by atoms with Crippen molar-refractivity contribution in [3.63, 3.8) is 0 Å². The molecule has 0 spiro atoms. The van der Waals surface area contributed by atoms with E-state index in [4.69, 9.17) is 9.15 Å². The van der Waals surface area contributed by atoms with Crippen molar-refractivity contribution in [1.29, 1.82) is 0 Å². The minimum absolute atomic E-state index is 0.133. The fraction of sp³-hybridized carbons (Fsp3) is 0.615. The minimum Gasteiger partial charge on any atom is -0.465 e. The Morgan fingerprint density at radius 3 is 2.71 bits per heavy atom. The molecule has 1 aromatic rings. The molecule has 17 heavy (non-hydrogen) atoms. The summed E-state index contributed by atoms with van der Waals surface area (Å²) in [5.41, 5.74) is 1.07. The molecule has 1 aliphatic rings. The standard InChI is InChI=1S/C13H19NO3/c1-3-11-8-10(2)12(17-11)9-13(15)14-4-6-16-7-5-14/h8H,3-7,9H2,1-2H3. The van der Waals surface area contributed by atoms with E-state index in [-0.39, 0.29) is 5.91 Å². The van der Waals surface area contributed by atoms with Gasteiger partial charge in [0.2, 0.25) is 5.91 Å². The van der Waals surface area contributed by atoms with E-state index in [0.717, 1.165) is 23.5 Å². The fourth-order valence-electron chi connectivity index (χ4n) is 2.00. The summed E-state index contributed by atoms with van der Waals surface area (Å²) in [7, 11) is 0. The van der Waals surface area contributed by atoms with Crippen LogP contribution in [0.25, 0.3) is 0 Å². The van der Waals surface area contributed by atoms with Crippen LogP contribution in [-0.4, -0.2) is 37.1 Å². The van der Waals surface area contributed by atoms with E-state index < -0.39 is 0 Å². The molecule has 0 aliphatic carbocycles. The topological polar surface area (TPSA) is 42.7 Å². The minimum atomic E-state index is 0.133. The first-order valence-corrected chi connectivity index (χ1v) is 6.14. The predicted molar refractivity (Wildman–Crippen MR) is 63.9 cm³/mol. The maximum atomic E-state index is 12.0. The second-order valence-corrected chi connectivity index (χ2v) is 4.34. The van der Waals surface area contributed by atoms with Gasteiger partial charge in [0.1, 0.15) is 11.5 Å². The third kappa shape index (κ3) is 2.88. The van der Waals surface area contributed by atoms with Crippen LogP contribution in [0.5, 0.6) is 0 Å². The number of furan rings is 1. The van der Waals surface area contributed by atoms with Crippen molar-refractivity contribution in [2.24, 2.45) is 0 Å². The monoisotopic (exact) mass is 237 g/mol. The highest BCUT2D eigenvalue weighted by Crippen LogP contribution is 2.16. The number of ether oxygens (including phenoxy) is 1. The van der Waals surface area contributed by atoms with Gasteiger partial charge >= 0.3 is 0 Å². The average Bonchev–Trinajstić information content (AvgIpc) is 2.71. The summed E-state index contributed by atoms with van der Waals surface area (Å²) in [6.07, 6.45) is 1.23. The van der Waals surface area contributed by atoms with E-state index in [1.807, 2.05) is 24.8 Å². The lowest BCUT2D eigenvalue weighted by Crippen LogP contribution is -2.41. The Labute approximate surface area is 102 Å². The van der Waals surface area contributed by atoms with Crippen LogP contribution in [0.1, 0.15) is 24.0 Å². The second kappa shape index (κ2) is 5.36. The van der Waals surface area contributed by atoms with Crippen molar-refractivity contribution in [1.82, 2.24) is 4.90 Å². The Kier molecular flexibility index (Phi) is 3.84. The van der Waals surface area contributed by atoms with Crippen molar-refractivity contribution >= 4 is 5.91 Å². The number of morpholine rings is 1. The highest BCUT2D eigenvalue weighted by molar-refractivity contribution is 5.78. The van der Waals surface area contributed by atoms with E-state index >= 15 is 0 Å². The lowest BCUT2D eigenvalue weighted by molar-refractivity contribution is -0.134. The molecule has 2 rings (SSSR count). The summed E-state index contributed by atoms with van der Waals surface area (Å²) in [5, 5.41) is 0. The Balaban J connectivity index is 1.99. The molecule has 0 atom stereocenters. The summed E-state index contributed by atoms with van der Waals surface area (Å²) >= 11 is 0. The van der Waals surface area contributed by atoms with Crippen LogP contribution >= 0.6 is 0 Å². The van der Waals surface area contributed by atoms with Crippen LogP contribution in [0.3, 0.4) is 0 Å². The summed E-state index contributed by atoms with van der Waals surface area (Å²) in [4.78, 5) is 13.9. The lowest BCUT2D eigenvalue weighted by Gasteiger charge is -2.26. The smallest absolute Gasteiger partial charge is 0.230 e. The highest BCUT2D eigenvalue weighted by Gasteiger charge is 2.19. The first-order chi connectivity index (χ1) is 8.20. The Hall–Kier alpha value is -1.29. The van der Waals surface area contributed by atoms with E-state index in [2.05, 4.69) is 0 Å². The van der Waals surface area contributed by atoms with Gasteiger partial charge in [-0.1, -0.05) is 6.92 Å². The van der Waals surface area contributed by atoms with Gasteiger partial charge < -0.3 is 14.1 Å². The number of hydrogen-bond donors (Lipinski definition) is 0. The van der Waals surface area contributed by atoms with E-state index in [1.165, 1.54) is 0 Å². The molecule has 1 aliphatic heterocycles. The molecule has 2 heterocycles. The molecule has 1 saturated heterocycles. The van der Waals surface area contributed by atoms with Crippen molar-refractivity contribution < 1.29 is 13.9 Å². The van der Waals surface area contributed by atoms with E-state index in [9.17, 15) is 4.79 Å². The Morgan fingerprint density at radius 1 is 1.41 bits per heavy atom. The summed E-state index contributed by atoms with van der Waals surface area (Å²) in [5.74, 6) is 1.89. The molecule has 1 amide bonds. The van der Waals surface area contributed by atoms with Gasteiger partial charge in [-0.05, 0) is 18.6 Å². The van der Waals surface area contributed by atoms with Gasteiger partial charge in [0, 0.05) is 19.5 Å². The summed E-state index contributed by atoms with van der Waals surface area (Å²) in [6, 6.07) is 2.02. The number of amides is 1. The van der Waals surface area contributed by atoms with E-state index in [0.29, 0.717) is 32.7 Å². The molecule has 4 nitrogen and oxygen atoms in total. The zero-order valence-corrected chi connectivity index (χ0v) is 10.5. The third-order valence-electron chi connectivity index (χ3n) is 3.10. The molecule has 4 heteroatoms. The Morgan fingerprint density at radius 2 is 2.12 bits per heavy atom. The van der Waals surface area contributed by atoms with Crippen LogP contribution in [0, 0.1) is 6.92 Å². The largest absolute Gasteiger partial charge is 0.465 e. The van der Waals surface area contributed by atoms with Crippen molar-refractivity contribution in [2.75, 3.05) is 26.3 Å². The molecule has 0 aromatic carbocycles. The number of carbonyl (C=O) groups is 1. The molecule has 94 valence electrons. The number of rotatable bonds is 3. The SMILES string of the molecule is CCc1cc(C)c(CC(=O)N2CCOCC2)o1. The molecule has 0 unspecified atom stereocenters. The summed E-state index contributed by atoms with van der Waals surface area (Å²) in [6.45, 7) is 6.71. The highest BCUT2D eigenvalue weighted by atomic mass is 16.5. The number of nitrogens with zero attached hydrogens (tertiary/aromatic N) is 1. The van der Waals surface area contributed by atoms with Gasteiger partial charge in [-0.3, -0.25) is 4.79 Å². The second-order valence-electron chi connectivity index (χ2n) is 4.34. The Bertz CT molecular complexity index is 391. The molecular formula is C13H19NO3. The van der Waals surface area contributed by atoms with Gasteiger partial charge in [-0.15, -0.1) is 0 Å². The molecule has 0 radical (unpaired) electrons. The molecule has 1 aromatic heterocycles. The summed E-state index contributed by atoms with van der Waals surface area (Å²) < 4.78 is 10.9. The van der Waals surface area contributed by atoms with Crippen LogP contribution < -0.4 is 0 Å². The predicted octanol–water partition coefficient (Wildman–Crippen LogP) is 1.55. The normalized spacial score (nSPS) is 16.2. The molecule has 0 N–H and O–H groups in total. The first kappa shape index (κ1) is 12.2. The first-order valence-electron chi connectivity index (χ1n) is 6.14. The fourth-order valence-corrected chi connectivity index (χ4v) is 2.00. The van der Waals surface area contributed by atoms with Crippen LogP contribution in [0.4, 0.5) is 0 Å². The van der Waals surface area contributed by atoms with E-state index in [1.54, 1.807) is 0 Å². The van der Waals surface area contributed by atoms with Crippen molar-refractivity contribution in [3.8, 4) is 0 Å². The average molecular weight is 237 g/mol. The van der Waals surface area contributed by atoms with Gasteiger partial charge in [0.15, 0.2) is 0 Å². The zero-order valence-electron chi connectivity index (χ0n) is 10.5. The lowest BCUT2D eigenvalue weighted by atomic mass is 10.2. The zero-order chi connectivity index (χ0) is 12.3. The van der Waals surface area contributed by atoms with Gasteiger partial charge in [-0.25, -0.2) is 0 Å². The number of aryl methyl sites for hydroxylation is 2. The maximum Gasteiger partial charge on any atom is 0.230 e.